The van der Waals surface area contributed by atoms with E-state index in [1.165, 1.54) is 18.0 Å². The van der Waals surface area contributed by atoms with Crippen molar-refractivity contribution in [3.05, 3.63) is 69.6 Å². The van der Waals surface area contributed by atoms with Crippen molar-refractivity contribution in [1.29, 1.82) is 5.26 Å². The molecule has 1 aliphatic rings. The quantitative estimate of drug-likeness (QED) is 0.359. The van der Waals surface area contributed by atoms with Gasteiger partial charge in [-0.25, -0.2) is 10.2 Å². The second-order valence-corrected chi connectivity index (χ2v) is 7.90. The van der Waals surface area contributed by atoms with E-state index >= 15 is 0 Å². The van der Waals surface area contributed by atoms with Crippen LogP contribution in [0.1, 0.15) is 18.2 Å². The number of rotatable bonds is 6. The Kier molecular flexibility index (Phi) is 7.17. The molecule has 0 saturated carbocycles. The molecule has 1 saturated heterocycles. The Labute approximate surface area is 182 Å². The van der Waals surface area contributed by atoms with Crippen molar-refractivity contribution >= 4 is 41.0 Å². The lowest BCUT2D eigenvalue weighted by molar-refractivity contribution is -0.119. The number of carbonyl (C=O) groups excluding carboxylic acids is 2. The fourth-order valence-electron chi connectivity index (χ4n) is 2.64. The molecule has 0 aliphatic carbocycles. The first kappa shape index (κ1) is 21.5. The van der Waals surface area contributed by atoms with E-state index in [9.17, 15) is 14.9 Å². The maximum atomic E-state index is 12.4. The van der Waals surface area contributed by atoms with Crippen LogP contribution < -0.4 is 16.1 Å². The summed E-state index contributed by atoms with van der Waals surface area (Å²) in [4.78, 5) is 24.2. The third-order valence-corrected chi connectivity index (χ3v) is 5.76. The van der Waals surface area contributed by atoms with Gasteiger partial charge in [-0.1, -0.05) is 41.6 Å². The van der Waals surface area contributed by atoms with E-state index in [0.717, 1.165) is 5.56 Å². The molecule has 0 spiro atoms. The van der Waals surface area contributed by atoms with Crippen LogP contribution in [0.3, 0.4) is 0 Å². The van der Waals surface area contributed by atoms with Gasteiger partial charge in [0.25, 0.3) is 0 Å². The molecule has 1 aliphatic heterocycles. The van der Waals surface area contributed by atoms with E-state index in [0.29, 0.717) is 22.2 Å². The van der Waals surface area contributed by atoms with Crippen LogP contribution in [0.25, 0.3) is 0 Å². The molecule has 2 aromatic rings. The highest BCUT2D eigenvalue weighted by Crippen LogP contribution is 2.33. The van der Waals surface area contributed by atoms with Crippen LogP contribution in [0.15, 0.2) is 62.8 Å². The molecule has 154 valence electrons. The summed E-state index contributed by atoms with van der Waals surface area (Å²) in [6.07, 6.45) is 1.94. The molecule has 1 aromatic heterocycles. The van der Waals surface area contributed by atoms with Gasteiger partial charge in [-0.2, -0.15) is 10.4 Å². The Bertz CT molecular complexity index is 1040. The Balaban J connectivity index is 1.64. The molecule has 8 nitrogen and oxygen atoms in total. The SMILES string of the molecule is CC(=NNC(=O)NCc1ccco1)C(C#N)=C1NC(=O)C(Cc2ccccc2Cl)S1. The standard InChI is InChI=1S/C20H18ClN5O3S/c1-12(25-26-20(28)23-11-14-6-4-8-29-14)15(10-22)19-24-18(27)17(30-19)9-13-5-2-3-7-16(13)21/h2-8,17H,9,11H2,1H3,(H,24,27)(H2,23,26,28). The van der Waals surface area contributed by atoms with Crippen LogP contribution in [0.4, 0.5) is 4.79 Å². The number of urea groups is 1. The first-order valence-electron chi connectivity index (χ1n) is 8.94. The van der Waals surface area contributed by atoms with Gasteiger partial charge in [0, 0.05) is 5.02 Å². The van der Waals surface area contributed by atoms with Crippen LogP contribution >= 0.6 is 23.4 Å². The number of halogens is 1. The van der Waals surface area contributed by atoms with E-state index in [4.69, 9.17) is 16.0 Å². The monoisotopic (exact) mass is 443 g/mol. The zero-order chi connectivity index (χ0) is 21.5. The van der Waals surface area contributed by atoms with Gasteiger partial charge in [0.05, 0.1) is 28.8 Å². The van der Waals surface area contributed by atoms with Crippen LogP contribution in [-0.4, -0.2) is 22.9 Å². The molecule has 30 heavy (non-hydrogen) atoms. The Morgan fingerprint density at radius 3 is 2.87 bits per heavy atom. The number of hydrazone groups is 1. The van der Waals surface area contributed by atoms with Crippen molar-refractivity contribution in [2.24, 2.45) is 5.10 Å². The van der Waals surface area contributed by atoms with Crippen LogP contribution in [0, 0.1) is 11.3 Å². The predicted octanol–water partition coefficient (Wildman–Crippen LogP) is 3.32. The number of hydrogen-bond acceptors (Lipinski definition) is 6. The molecule has 3 amide bonds. The summed E-state index contributed by atoms with van der Waals surface area (Å²) >= 11 is 7.42. The molecule has 0 bridgehead atoms. The van der Waals surface area contributed by atoms with Crippen LogP contribution in [0.2, 0.25) is 5.02 Å². The molecule has 10 heteroatoms. The Morgan fingerprint density at radius 2 is 2.17 bits per heavy atom. The normalized spacial score (nSPS) is 17.8. The molecule has 1 unspecified atom stereocenters. The van der Waals surface area contributed by atoms with Gasteiger partial charge in [-0.15, -0.1) is 0 Å². The smallest absolute Gasteiger partial charge is 0.335 e. The first-order valence-corrected chi connectivity index (χ1v) is 10.2. The molecule has 1 aromatic carbocycles. The number of nitrogens with zero attached hydrogens (tertiary/aromatic N) is 2. The van der Waals surface area contributed by atoms with E-state index in [2.05, 4.69) is 21.2 Å². The second kappa shape index (κ2) is 10.0. The third kappa shape index (κ3) is 5.43. The number of carbonyl (C=O) groups is 2. The summed E-state index contributed by atoms with van der Waals surface area (Å²) in [6.45, 7) is 1.78. The highest BCUT2D eigenvalue weighted by atomic mass is 35.5. The summed E-state index contributed by atoms with van der Waals surface area (Å²) in [6, 6.07) is 12.2. The lowest BCUT2D eigenvalue weighted by Crippen LogP contribution is -2.32. The van der Waals surface area contributed by atoms with Gasteiger partial charge in [0.1, 0.15) is 17.4 Å². The Hall–Kier alpha value is -3.22. The van der Waals surface area contributed by atoms with E-state index in [1.54, 1.807) is 25.1 Å². The summed E-state index contributed by atoms with van der Waals surface area (Å²) in [5.41, 5.74) is 3.63. The molecule has 3 N–H and O–H groups in total. The second-order valence-electron chi connectivity index (χ2n) is 6.28. The number of nitrogens with one attached hydrogen (secondary N) is 3. The number of furan rings is 1. The molecular formula is C20H18ClN5O3S. The topological polar surface area (TPSA) is 120 Å². The summed E-state index contributed by atoms with van der Waals surface area (Å²) in [5, 5.41) is 19.4. The summed E-state index contributed by atoms with van der Waals surface area (Å²) in [5.74, 6) is 0.389. The minimum Gasteiger partial charge on any atom is -0.467 e. The number of hydrogen-bond donors (Lipinski definition) is 3. The van der Waals surface area contributed by atoms with Crippen molar-refractivity contribution in [3.8, 4) is 6.07 Å². The average Bonchev–Trinajstić information content (AvgIpc) is 3.37. The number of amides is 3. The van der Waals surface area contributed by atoms with Crippen molar-refractivity contribution in [2.45, 2.75) is 25.1 Å². The predicted molar refractivity (Wildman–Crippen MR) is 115 cm³/mol. The fourth-order valence-corrected chi connectivity index (χ4v) is 4.04. The van der Waals surface area contributed by atoms with E-state index < -0.39 is 11.3 Å². The minimum atomic E-state index is -0.548. The van der Waals surface area contributed by atoms with Crippen molar-refractivity contribution in [3.63, 3.8) is 0 Å². The molecular weight excluding hydrogens is 426 g/mol. The zero-order valence-corrected chi connectivity index (χ0v) is 17.5. The van der Waals surface area contributed by atoms with Gasteiger partial charge in [-0.3, -0.25) is 4.79 Å². The van der Waals surface area contributed by atoms with Gasteiger partial charge >= 0.3 is 6.03 Å². The van der Waals surface area contributed by atoms with Crippen LogP contribution in [0.5, 0.6) is 0 Å². The summed E-state index contributed by atoms with van der Waals surface area (Å²) in [7, 11) is 0. The van der Waals surface area contributed by atoms with Crippen molar-refractivity contribution in [2.75, 3.05) is 0 Å². The largest absolute Gasteiger partial charge is 0.467 e. The maximum absolute atomic E-state index is 12.4. The first-order chi connectivity index (χ1) is 14.5. The van der Waals surface area contributed by atoms with Gasteiger partial charge in [-0.05, 0) is 37.1 Å². The molecule has 1 atom stereocenters. The highest BCUT2D eigenvalue weighted by Gasteiger charge is 2.32. The molecule has 3 rings (SSSR count). The number of allylic oxidation sites excluding steroid dienone is 1. The number of benzene rings is 1. The number of nitriles is 1. The fraction of sp³-hybridized carbons (Fsp3) is 0.200. The van der Waals surface area contributed by atoms with Crippen LogP contribution in [-0.2, 0) is 17.8 Å². The van der Waals surface area contributed by atoms with E-state index in [-0.39, 0.29) is 23.7 Å². The third-order valence-electron chi connectivity index (χ3n) is 4.18. The Morgan fingerprint density at radius 1 is 1.37 bits per heavy atom. The van der Waals surface area contributed by atoms with Crippen molar-refractivity contribution in [1.82, 2.24) is 16.1 Å². The summed E-state index contributed by atoms with van der Waals surface area (Å²) < 4.78 is 5.12. The van der Waals surface area contributed by atoms with Gasteiger partial charge < -0.3 is 15.1 Å². The molecule has 2 heterocycles. The minimum absolute atomic E-state index is 0.182. The zero-order valence-electron chi connectivity index (χ0n) is 15.9. The van der Waals surface area contributed by atoms with Gasteiger partial charge in [0.2, 0.25) is 5.91 Å². The van der Waals surface area contributed by atoms with Gasteiger partial charge in [0.15, 0.2) is 0 Å². The van der Waals surface area contributed by atoms with E-state index in [1.807, 2.05) is 24.3 Å². The lowest BCUT2D eigenvalue weighted by atomic mass is 10.1. The van der Waals surface area contributed by atoms with Crippen molar-refractivity contribution < 1.29 is 14.0 Å². The lowest BCUT2D eigenvalue weighted by Gasteiger charge is -2.07. The highest BCUT2D eigenvalue weighted by molar-refractivity contribution is 8.04. The molecule has 0 radical (unpaired) electrons. The number of thioether (sulfide) groups is 1. The molecule has 1 fully saturated rings. The average molecular weight is 444 g/mol. The maximum Gasteiger partial charge on any atom is 0.335 e.